The third-order valence-corrected chi connectivity index (χ3v) is 6.23. The van der Waals surface area contributed by atoms with E-state index >= 15 is 0 Å². The van der Waals surface area contributed by atoms with Crippen molar-refractivity contribution in [3.8, 4) is 23.3 Å². The number of carbonyl (C=O) groups is 1. The fraction of sp³-hybridized carbons (Fsp3) is 0.0690. The predicted molar refractivity (Wildman–Crippen MR) is 146 cm³/mol. The van der Waals surface area contributed by atoms with E-state index in [0.717, 1.165) is 12.1 Å². The predicted octanol–water partition coefficient (Wildman–Crippen LogP) is 6.95. The summed E-state index contributed by atoms with van der Waals surface area (Å²) in [6, 6.07) is 11.2. The van der Waals surface area contributed by atoms with Crippen LogP contribution < -0.4 is 15.8 Å². The molecule has 2 heterocycles. The highest BCUT2D eigenvalue weighted by atomic mass is 35.5. The second kappa shape index (κ2) is 11.0. The Balaban J connectivity index is 1.71. The topological polar surface area (TPSA) is 95.1 Å². The summed E-state index contributed by atoms with van der Waals surface area (Å²) in [6.45, 7) is 0. The lowest BCUT2D eigenvalue weighted by molar-refractivity contribution is -0.137. The molecular weight excluding hydrogens is 581 g/mol. The van der Waals surface area contributed by atoms with E-state index in [1.54, 1.807) is 31.4 Å². The maximum atomic E-state index is 14.1. The van der Waals surface area contributed by atoms with E-state index < -0.39 is 34.8 Å². The van der Waals surface area contributed by atoms with Gasteiger partial charge in [0, 0.05) is 24.9 Å². The van der Waals surface area contributed by atoms with Crippen molar-refractivity contribution in [1.29, 1.82) is 0 Å². The van der Waals surface area contributed by atoms with Crippen LogP contribution in [-0.2, 0) is 13.2 Å². The molecule has 0 aliphatic rings. The van der Waals surface area contributed by atoms with Crippen molar-refractivity contribution in [3.05, 3.63) is 106 Å². The molecule has 7 nitrogen and oxygen atoms in total. The number of carbonyl (C=O) groups excluding carboxylic acids is 1. The van der Waals surface area contributed by atoms with Crippen LogP contribution in [0.1, 0.15) is 27.2 Å². The molecule has 0 saturated heterocycles. The smallest absolute Gasteiger partial charge is 0.416 e. The van der Waals surface area contributed by atoms with Crippen LogP contribution in [-0.4, -0.2) is 20.7 Å². The highest BCUT2D eigenvalue weighted by Gasteiger charge is 2.32. The monoisotopic (exact) mass is 597 g/mol. The van der Waals surface area contributed by atoms with E-state index in [4.69, 9.17) is 22.1 Å². The maximum absolute atomic E-state index is 14.1. The van der Waals surface area contributed by atoms with Gasteiger partial charge in [0.25, 0.3) is 5.91 Å². The molecule has 0 spiro atoms. The number of benzene rings is 3. The fourth-order valence-electron chi connectivity index (χ4n) is 4.10. The Hall–Kier alpha value is -5.15. The normalized spacial score (nSPS) is 11.2. The zero-order valence-corrected chi connectivity index (χ0v) is 22.1. The van der Waals surface area contributed by atoms with Gasteiger partial charge in [-0.1, -0.05) is 23.6 Å². The van der Waals surface area contributed by atoms with Gasteiger partial charge >= 0.3 is 6.18 Å². The van der Waals surface area contributed by atoms with E-state index in [2.05, 4.69) is 27.2 Å². The zero-order valence-electron chi connectivity index (χ0n) is 21.4. The molecule has 0 atom stereocenters. The lowest BCUT2D eigenvalue weighted by atomic mass is 10.1. The number of nitrogens with two attached hydrogens (primary N) is 1. The Kier molecular flexibility index (Phi) is 7.45. The number of ether oxygens (including phenoxy) is 1. The molecule has 13 heteroatoms. The summed E-state index contributed by atoms with van der Waals surface area (Å²) in [4.78, 5) is 17.4. The van der Waals surface area contributed by atoms with Gasteiger partial charge in [-0.2, -0.15) is 18.3 Å². The molecule has 5 rings (SSSR count). The van der Waals surface area contributed by atoms with Gasteiger partial charge in [0.1, 0.15) is 23.1 Å². The van der Waals surface area contributed by atoms with Crippen LogP contribution in [0.3, 0.4) is 0 Å². The third-order valence-electron chi connectivity index (χ3n) is 5.92. The molecule has 0 radical (unpaired) electrons. The summed E-state index contributed by atoms with van der Waals surface area (Å²) < 4.78 is 75.4. The first-order valence-electron chi connectivity index (χ1n) is 11.9. The van der Waals surface area contributed by atoms with Crippen LogP contribution in [0.2, 0.25) is 5.02 Å². The molecule has 0 saturated carbocycles. The molecular formula is C29H17ClF5N5O2. The summed E-state index contributed by atoms with van der Waals surface area (Å²) in [5, 5.41) is 6.80. The number of aromatic nitrogens is 3. The van der Waals surface area contributed by atoms with Gasteiger partial charge in [-0.05, 0) is 54.5 Å². The maximum Gasteiger partial charge on any atom is 0.416 e. The average Bonchev–Trinajstić information content (AvgIpc) is 3.24. The molecule has 0 bridgehead atoms. The largest absolute Gasteiger partial charge is 0.453 e. The molecule has 3 aromatic carbocycles. The third kappa shape index (κ3) is 5.82. The number of anilines is 2. The van der Waals surface area contributed by atoms with Crippen molar-refractivity contribution in [2.24, 2.45) is 7.05 Å². The van der Waals surface area contributed by atoms with Crippen LogP contribution in [0.5, 0.6) is 11.5 Å². The van der Waals surface area contributed by atoms with Crippen molar-refractivity contribution in [2.75, 3.05) is 11.1 Å². The standard InChI is InChI=1S/C29H17ClF5N5O2/c1-40-25-15(5-7-20-4-2-3-9-37-20)12-22(38-28(41)16-10-17(29(33,34)35)13-19(32)11-16)26(24(25)27(36)39-40)42-23-14-18(31)6-8-21(23)30/h2-4,6,8-14H,1H3,(H2,36,39)(H,38,41). The number of rotatable bonds is 4. The molecule has 212 valence electrons. The van der Waals surface area contributed by atoms with Gasteiger partial charge in [0.15, 0.2) is 11.6 Å². The Bertz CT molecular complexity index is 1910. The minimum atomic E-state index is -4.91. The van der Waals surface area contributed by atoms with Crippen molar-refractivity contribution in [2.45, 2.75) is 6.18 Å². The summed E-state index contributed by atoms with van der Waals surface area (Å²) in [5.74, 6) is 2.35. The van der Waals surface area contributed by atoms with E-state index in [-0.39, 0.29) is 45.0 Å². The summed E-state index contributed by atoms with van der Waals surface area (Å²) in [7, 11) is 1.58. The lowest BCUT2D eigenvalue weighted by Crippen LogP contribution is -2.15. The highest BCUT2D eigenvalue weighted by molar-refractivity contribution is 6.32. The SMILES string of the molecule is Cn1nc(N)c2c(Oc3cc(F)ccc3Cl)c(NC(=O)c3cc(F)cc(C(F)(F)F)c3)cc(C#Cc3ccccn3)c21. The minimum absolute atomic E-state index is 0.00302. The van der Waals surface area contributed by atoms with E-state index in [9.17, 15) is 26.7 Å². The Morgan fingerprint density at radius 3 is 2.55 bits per heavy atom. The fourth-order valence-corrected chi connectivity index (χ4v) is 4.25. The molecule has 42 heavy (non-hydrogen) atoms. The van der Waals surface area contributed by atoms with Crippen molar-refractivity contribution in [1.82, 2.24) is 14.8 Å². The number of alkyl halides is 3. The second-order valence-electron chi connectivity index (χ2n) is 8.86. The quantitative estimate of drug-likeness (QED) is 0.173. The van der Waals surface area contributed by atoms with Crippen LogP contribution >= 0.6 is 11.6 Å². The molecule has 1 amide bonds. The Morgan fingerprint density at radius 2 is 1.83 bits per heavy atom. The number of halogens is 6. The molecule has 5 aromatic rings. The van der Waals surface area contributed by atoms with Gasteiger partial charge in [-0.15, -0.1) is 0 Å². The lowest BCUT2D eigenvalue weighted by Gasteiger charge is -2.16. The van der Waals surface area contributed by atoms with Gasteiger partial charge in [0.2, 0.25) is 0 Å². The number of hydrogen-bond donors (Lipinski definition) is 2. The summed E-state index contributed by atoms with van der Waals surface area (Å²) >= 11 is 6.21. The first-order chi connectivity index (χ1) is 19.9. The van der Waals surface area contributed by atoms with Crippen LogP contribution in [0.25, 0.3) is 10.9 Å². The van der Waals surface area contributed by atoms with Crippen LogP contribution in [0, 0.1) is 23.5 Å². The number of amides is 1. The van der Waals surface area contributed by atoms with Gasteiger partial charge in [0.05, 0.1) is 32.7 Å². The molecule has 2 aromatic heterocycles. The molecule has 0 aliphatic heterocycles. The van der Waals surface area contributed by atoms with Crippen molar-refractivity contribution in [3.63, 3.8) is 0 Å². The number of hydrogen-bond acceptors (Lipinski definition) is 5. The van der Waals surface area contributed by atoms with Crippen LogP contribution in [0.4, 0.5) is 33.5 Å². The first-order valence-corrected chi connectivity index (χ1v) is 12.3. The average molecular weight is 598 g/mol. The second-order valence-corrected chi connectivity index (χ2v) is 9.26. The molecule has 0 fully saturated rings. The molecule has 3 N–H and O–H groups in total. The van der Waals surface area contributed by atoms with E-state index in [0.29, 0.717) is 23.3 Å². The van der Waals surface area contributed by atoms with Crippen molar-refractivity contribution >= 4 is 39.9 Å². The minimum Gasteiger partial charge on any atom is -0.453 e. The molecule has 0 unspecified atom stereocenters. The summed E-state index contributed by atoms with van der Waals surface area (Å²) in [6.07, 6.45) is -3.36. The van der Waals surface area contributed by atoms with E-state index in [1.807, 2.05) is 0 Å². The van der Waals surface area contributed by atoms with Crippen LogP contribution in [0.15, 0.2) is 66.9 Å². The first kappa shape index (κ1) is 28.4. The highest BCUT2D eigenvalue weighted by Crippen LogP contribution is 2.43. The number of nitrogen functional groups attached to an aromatic ring is 1. The number of fused-ring (bicyclic) bond motifs is 1. The number of aryl methyl sites for hydroxylation is 1. The number of nitrogens with one attached hydrogen (secondary N) is 1. The Morgan fingerprint density at radius 1 is 1.05 bits per heavy atom. The zero-order chi connectivity index (χ0) is 30.2. The van der Waals surface area contributed by atoms with E-state index in [1.165, 1.54) is 16.8 Å². The van der Waals surface area contributed by atoms with Gasteiger partial charge < -0.3 is 15.8 Å². The summed E-state index contributed by atoms with van der Waals surface area (Å²) in [5.41, 5.74) is 5.11. The van der Waals surface area contributed by atoms with Crippen molar-refractivity contribution < 1.29 is 31.5 Å². The Labute approximate surface area is 239 Å². The van der Waals surface area contributed by atoms with Gasteiger partial charge in [-0.25, -0.2) is 13.8 Å². The number of pyridine rings is 1. The number of nitrogens with zero attached hydrogens (tertiary/aromatic N) is 3. The molecule has 0 aliphatic carbocycles. The van der Waals surface area contributed by atoms with Gasteiger partial charge in [-0.3, -0.25) is 9.48 Å².